The molecule has 12 heteroatoms. The summed E-state index contributed by atoms with van der Waals surface area (Å²) < 4.78 is 0. The third kappa shape index (κ3) is 7.67. The molecule has 30 heavy (non-hydrogen) atoms. The van der Waals surface area contributed by atoms with Crippen LogP contribution in [0.3, 0.4) is 0 Å². The van der Waals surface area contributed by atoms with E-state index in [4.69, 9.17) is 5.73 Å². The second-order valence-electron chi connectivity index (χ2n) is 7.07. The Hall–Kier alpha value is -2.60. The fraction of sp³-hybridized carbons (Fsp3) is 0.611. The molecule has 3 amide bonds. The number of imidazole rings is 1. The minimum Gasteiger partial charge on any atom is -0.480 e. The molecule has 0 aromatic carbocycles. The van der Waals surface area contributed by atoms with Gasteiger partial charge in [0, 0.05) is 24.1 Å². The van der Waals surface area contributed by atoms with Crippen LogP contribution in [-0.2, 0) is 25.6 Å². The van der Waals surface area contributed by atoms with Crippen LogP contribution in [0.15, 0.2) is 12.5 Å². The van der Waals surface area contributed by atoms with E-state index < -0.39 is 47.9 Å². The Balaban J connectivity index is 2.76. The van der Waals surface area contributed by atoms with E-state index in [-0.39, 0.29) is 18.1 Å². The molecule has 0 saturated carbocycles. The number of aromatic amines is 1. The highest BCUT2D eigenvalue weighted by atomic mass is 32.1. The maximum Gasteiger partial charge on any atom is 0.326 e. The van der Waals surface area contributed by atoms with E-state index in [9.17, 15) is 24.3 Å². The lowest BCUT2D eigenvalue weighted by Gasteiger charge is -2.26. The normalized spacial score (nSPS) is 15.9. The van der Waals surface area contributed by atoms with Crippen molar-refractivity contribution in [3.05, 3.63) is 18.2 Å². The van der Waals surface area contributed by atoms with E-state index >= 15 is 0 Å². The predicted octanol–water partition coefficient (Wildman–Crippen LogP) is -1.19. The Morgan fingerprint density at radius 2 is 1.83 bits per heavy atom. The standard InChI is InChI=1S/C18H30N6O5S/c1-4-9(2)14(24-16(26)12(19)7-30)17(27)22-10(3)15(25)23-13(18(28)29)5-11-6-20-8-21-11/h6,8-10,12-14,30H,4-5,7,19H2,1-3H3,(H,20,21)(H,22,27)(H,23,25)(H,24,26)(H,28,29). The Morgan fingerprint density at radius 3 is 2.33 bits per heavy atom. The number of aromatic nitrogens is 2. The van der Waals surface area contributed by atoms with Gasteiger partial charge < -0.3 is 31.8 Å². The quantitative estimate of drug-likeness (QED) is 0.199. The largest absolute Gasteiger partial charge is 0.480 e. The summed E-state index contributed by atoms with van der Waals surface area (Å²) in [7, 11) is 0. The van der Waals surface area contributed by atoms with Gasteiger partial charge in [-0.3, -0.25) is 14.4 Å². The van der Waals surface area contributed by atoms with Crippen molar-refractivity contribution in [3.8, 4) is 0 Å². The second-order valence-corrected chi connectivity index (χ2v) is 7.44. The first kappa shape index (κ1) is 25.4. The monoisotopic (exact) mass is 442 g/mol. The van der Waals surface area contributed by atoms with Crippen molar-refractivity contribution in [3.63, 3.8) is 0 Å². The summed E-state index contributed by atoms with van der Waals surface area (Å²) in [5, 5.41) is 16.9. The maximum absolute atomic E-state index is 12.7. The van der Waals surface area contributed by atoms with Crippen molar-refractivity contribution >= 4 is 36.3 Å². The molecule has 0 saturated heterocycles. The molecule has 1 aromatic rings. The van der Waals surface area contributed by atoms with Crippen molar-refractivity contribution < 1.29 is 24.3 Å². The zero-order valence-corrected chi connectivity index (χ0v) is 18.1. The number of thiol groups is 1. The lowest BCUT2D eigenvalue weighted by molar-refractivity contribution is -0.142. The van der Waals surface area contributed by atoms with Gasteiger partial charge in [0.1, 0.15) is 18.1 Å². The number of hydrogen-bond acceptors (Lipinski definition) is 7. The van der Waals surface area contributed by atoms with Crippen LogP contribution < -0.4 is 21.7 Å². The maximum atomic E-state index is 12.7. The smallest absolute Gasteiger partial charge is 0.326 e. The van der Waals surface area contributed by atoms with Gasteiger partial charge in [-0.25, -0.2) is 9.78 Å². The van der Waals surface area contributed by atoms with Crippen molar-refractivity contribution in [1.29, 1.82) is 0 Å². The number of nitrogens with zero attached hydrogens (tertiary/aromatic N) is 1. The third-order valence-corrected chi connectivity index (χ3v) is 5.07. The predicted molar refractivity (Wildman–Crippen MR) is 113 cm³/mol. The third-order valence-electron chi connectivity index (χ3n) is 4.67. The van der Waals surface area contributed by atoms with Crippen molar-refractivity contribution in [2.24, 2.45) is 11.7 Å². The highest BCUT2D eigenvalue weighted by Gasteiger charge is 2.30. The number of aliphatic carboxylic acids is 1. The molecule has 168 valence electrons. The molecule has 7 N–H and O–H groups in total. The van der Waals surface area contributed by atoms with Crippen LogP contribution in [0.1, 0.15) is 32.9 Å². The van der Waals surface area contributed by atoms with E-state index in [1.165, 1.54) is 19.4 Å². The SMILES string of the molecule is CCC(C)C(NC(=O)C(N)CS)C(=O)NC(C)C(=O)NC(Cc1cnc[nH]1)C(=O)O. The Labute approximate surface area is 180 Å². The first-order valence-electron chi connectivity index (χ1n) is 9.58. The Morgan fingerprint density at radius 1 is 1.17 bits per heavy atom. The van der Waals surface area contributed by atoms with Gasteiger partial charge in [-0.1, -0.05) is 20.3 Å². The molecule has 1 heterocycles. The number of nitrogens with two attached hydrogens (primary N) is 1. The first-order valence-corrected chi connectivity index (χ1v) is 10.2. The molecule has 1 rings (SSSR count). The summed E-state index contributed by atoms with van der Waals surface area (Å²) in [5.41, 5.74) is 6.19. The molecule has 11 nitrogen and oxygen atoms in total. The summed E-state index contributed by atoms with van der Waals surface area (Å²) in [6, 6.07) is -3.99. The number of carboxylic acids is 1. The molecule has 0 aliphatic heterocycles. The van der Waals surface area contributed by atoms with Crippen LogP contribution in [0.25, 0.3) is 0 Å². The number of carbonyl (C=O) groups excluding carboxylic acids is 3. The average molecular weight is 443 g/mol. The summed E-state index contributed by atoms with van der Waals surface area (Å²) in [4.78, 5) is 55.2. The topological polar surface area (TPSA) is 179 Å². The van der Waals surface area contributed by atoms with Gasteiger partial charge in [-0.15, -0.1) is 0 Å². The van der Waals surface area contributed by atoms with Crippen LogP contribution >= 0.6 is 12.6 Å². The minimum absolute atomic E-state index is 0.00884. The van der Waals surface area contributed by atoms with Gasteiger partial charge in [0.25, 0.3) is 0 Å². The molecule has 5 unspecified atom stereocenters. The molecule has 0 aliphatic carbocycles. The summed E-state index contributed by atoms with van der Waals surface area (Å²) >= 11 is 3.97. The second kappa shape index (κ2) is 12.2. The minimum atomic E-state index is -1.22. The van der Waals surface area contributed by atoms with Crippen molar-refractivity contribution in [1.82, 2.24) is 25.9 Å². The molecule has 0 bridgehead atoms. The van der Waals surface area contributed by atoms with E-state index in [0.29, 0.717) is 12.1 Å². The van der Waals surface area contributed by atoms with Gasteiger partial charge in [0.2, 0.25) is 17.7 Å². The number of carboxylic acid groups (broad SMARTS) is 1. The molecule has 0 aliphatic rings. The number of amides is 3. The lowest BCUT2D eigenvalue weighted by atomic mass is 9.97. The van der Waals surface area contributed by atoms with Gasteiger partial charge >= 0.3 is 5.97 Å². The number of hydrogen-bond donors (Lipinski definition) is 7. The lowest BCUT2D eigenvalue weighted by Crippen LogP contribution is -2.58. The van der Waals surface area contributed by atoms with Crippen LogP contribution in [0.5, 0.6) is 0 Å². The van der Waals surface area contributed by atoms with Crippen LogP contribution in [0, 0.1) is 5.92 Å². The molecule has 0 spiro atoms. The zero-order valence-electron chi connectivity index (χ0n) is 17.2. The average Bonchev–Trinajstić information content (AvgIpc) is 3.22. The van der Waals surface area contributed by atoms with Gasteiger partial charge in [0.05, 0.1) is 12.4 Å². The fourth-order valence-corrected chi connectivity index (χ4v) is 2.69. The first-order chi connectivity index (χ1) is 14.1. The van der Waals surface area contributed by atoms with Crippen LogP contribution in [0.2, 0.25) is 0 Å². The van der Waals surface area contributed by atoms with Crippen LogP contribution in [0.4, 0.5) is 0 Å². The van der Waals surface area contributed by atoms with Crippen molar-refractivity contribution in [2.45, 2.75) is 57.8 Å². The number of carbonyl (C=O) groups is 4. The van der Waals surface area contributed by atoms with Gasteiger partial charge in [-0.05, 0) is 12.8 Å². The van der Waals surface area contributed by atoms with Crippen molar-refractivity contribution in [2.75, 3.05) is 5.75 Å². The van der Waals surface area contributed by atoms with E-state index in [0.717, 1.165) is 0 Å². The van der Waals surface area contributed by atoms with Gasteiger partial charge in [-0.2, -0.15) is 12.6 Å². The molecule has 5 atom stereocenters. The summed E-state index contributed by atoms with van der Waals surface area (Å²) in [6.07, 6.45) is 3.47. The van der Waals surface area contributed by atoms with Crippen LogP contribution in [-0.4, -0.2) is 68.7 Å². The Kier molecular flexibility index (Phi) is 10.3. The molecule has 0 radical (unpaired) electrons. The van der Waals surface area contributed by atoms with E-state index in [2.05, 4.69) is 38.5 Å². The highest BCUT2D eigenvalue weighted by Crippen LogP contribution is 2.09. The van der Waals surface area contributed by atoms with E-state index in [1.807, 2.05) is 6.92 Å². The fourth-order valence-electron chi connectivity index (χ4n) is 2.53. The Bertz CT molecular complexity index is 729. The number of rotatable bonds is 12. The van der Waals surface area contributed by atoms with Gasteiger partial charge in [0.15, 0.2) is 0 Å². The molecule has 1 aromatic heterocycles. The molecule has 0 fully saturated rings. The number of H-pyrrole nitrogens is 1. The van der Waals surface area contributed by atoms with E-state index in [1.54, 1.807) is 6.92 Å². The molecular weight excluding hydrogens is 412 g/mol. The highest BCUT2D eigenvalue weighted by molar-refractivity contribution is 7.80. The summed E-state index contributed by atoms with van der Waals surface area (Å²) in [5.74, 6) is -3.07. The summed E-state index contributed by atoms with van der Waals surface area (Å²) in [6.45, 7) is 5.07. The molecular formula is C18H30N6O5S. The number of nitrogens with one attached hydrogen (secondary N) is 4. The zero-order chi connectivity index (χ0) is 22.8.